The third kappa shape index (κ3) is 2.43. The summed E-state index contributed by atoms with van der Waals surface area (Å²) in [5.41, 5.74) is -0.115. The van der Waals surface area contributed by atoms with E-state index in [1.54, 1.807) is 12.1 Å². The summed E-state index contributed by atoms with van der Waals surface area (Å²) in [6, 6.07) is 5.02. The Kier molecular flexibility index (Phi) is 3.85. The summed E-state index contributed by atoms with van der Waals surface area (Å²) in [6.07, 6.45) is 0.805. The van der Waals surface area contributed by atoms with Gasteiger partial charge in [-0.3, -0.25) is 10.1 Å². The van der Waals surface area contributed by atoms with Crippen LogP contribution in [0.1, 0.15) is 20.3 Å². The molecule has 1 aliphatic rings. The first-order valence-corrected chi connectivity index (χ1v) is 6.56. The molecule has 0 aliphatic heterocycles. The van der Waals surface area contributed by atoms with Crippen LogP contribution >= 0.6 is 0 Å². The van der Waals surface area contributed by atoms with Crippen LogP contribution in [0.4, 0.5) is 5.69 Å². The van der Waals surface area contributed by atoms with Crippen molar-refractivity contribution in [3.05, 3.63) is 28.3 Å². The van der Waals surface area contributed by atoms with Gasteiger partial charge in [-0.15, -0.1) is 0 Å². The standard InChI is InChI=1S/C14H20N2O4/c1-14(2)12(15-3)8-13(14)20-11-6-5-9(19-4)7-10(11)16(17)18/h5-7,12-13,15H,8H2,1-4H3. The molecule has 1 N–H and O–H groups in total. The van der Waals surface area contributed by atoms with Crippen LogP contribution in [0, 0.1) is 15.5 Å². The molecule has 0 aromatic heterocycles. The predicted molar refractivity (Wildman–Crippen MR) is 75.3 cm³/mol. The van der Waals surface area contributed by atoms with Crippen molar-refractivity contribution in [1.29, 1.82) is 0 Å². The monoisotopic (exact) mass is 280 g/mol. The lowest BCUT2D eigenvalue weighted by Crippen LogP contribution is -2.61. The summed E-state index contributed by atoms with van der Waals surface area (Å²) in [5, 5.41) is 14.3. The molecule has 0 spiro atoms. The van der Waals surface area contributed by atoms with Gasteiger partial charge in [0, 0.05) is 17.9 Å². The molecule has 1 aromatic rings. The molecule has 0 bridgehead atoms. The molecule has 0 amide bonds. The van der Waals surface area contributed by atoms with Crippen LogP contribution < -0.4 is 14.8 Å². The van der Waals surface area contributed by atoms with Gasteiger partial charge in [0.15, 0.2) is 5.75 Å². The van der Waals surface area contributed by atoms with E-state index >= 15 is 0 Å². The molecule has 2 rings (SSSR count). The minimum Gasteiger partial charge on any atom is -0.496 e. The molecule has 110 valence electrons. The number of nitrogens with zero attached hydrogens (tertiary/aromatic N) is 1. The van der Waals surface area contributed by atoms with Crippen molar-refractivity contribution in [1.82, 2.24) is 5.32 Å². The van der Waals surface area contributed by atoms with Crippen molar-refractivity contribution >= 4 is 5.69 Å². The number of nitrogens with one attached hydrogen (secondary N) is 1. The number of hydrogen-bond acceptors (Lipinski definition) is 5. The van der Waals surface area contributed by atoms with Crippen LogP contribution in [-0.4, -0.2) is 31.2 Å². The molecular formula is C14H20N2O4. The van der Waals surface area contributed by atoms with E-state index in [1.807, 2.05) is 7.05 Å². The number of nitro benzene ring substituents is 1. The zero-order valence-corrected chi connectivity index (χ0v) is 12.2. The minimum absolute atomic E-state index is 0.0351. The highest BCUT2D eigenvalue weighted by atomic mass is 16.6. The number of methoxy groups -OCH3 is 1. The molecule has 2 unspecified atom stereocenters. The third-order valence-electron chi connectivity index (χ3n) is 4.16. The Balaban J connectivity index is 2.20. The van der Waals surface area contributed by atoms with Crippen molar-refractivity contribution in [2.75, 3.05) is 14.2 Å². The van der Waals surface area contributed by atoms with E-state index in [-0.39, 0.29) is 17.2 Å². The maximum atomic E-state index is 11.1. The molecule has 1 fully saturated rings. The second-order valence-corrected chi connectivity index (χ2v) is 5.60. The van der Waals surface area contributed by atoms with E-state index in [0.717, 1.165) is 6.42 Å². The summed E-state index contributed by atoms with van der Waals surface area (Å²) in [7, 11) is 3.39. The smallest absolute Gasteiger partial charge is 0.314 e. The Hall–Kier alpha value is -1.82. The number of hydrogen-bond donors (Lipinski definition) is 1. The predicted octanol–water partition coefficient (Wildman–Crippen LogP) is 2.37. The summed E-state index contributed by atoms with van der Waals surface area (Å²) in [4.78, 5) is 10.7. The molecule has 1 aromatic carbocycles. The molecule has 1 aliphatic carbocycles. The van der Waals surface area contributed by atoms with E-state index in [9.17, 15) is 10.1 Å². The molecule has 0 saturated heterocycles. The number of ether oxygens (including phenoxy) is 2. The number of rotatable bonds is 5. The van der Waals surface area contributed by atoms with Crippen molar-refractivity contribution < 1.29 is 14.4 Å². The highest BCUT2D eigenvalue weighted by Crippen LogP contribution is 2.44. The summed E-state index contributed by atoms with van der Waals surface area (Å²) in [6.45, 7) is 4.19. The maximum absolute atomic E-state index is 11.1. The van der Waals surface area contributed by atoms with Gasteiger partial charge in [0.1, 0.15) is 11.9 Å². The Labute approximate surface area is 118 Å². The topological polar surface area (TPSA) is 73.6 Å². The highest BCUT2D eigenvalue weighted by Gasteiger charge is 2.49. The lowest BCUT2D eigenvalue weighted by atomic mass is 9.64. The Morgan fingerprint density at radius 2 is 2.15 bits per heavy atom. The van der Waals surface area contributed by atoms with E-state index in [2.05, 4.69) is 19.2 Å². The van der Waals surface area contributed by atoms with Gasteiger partial charge in [0.25, 0.3) is 0 Å². The Morgan fingerprint density at radius 3 is 2.65 bits per heavy atom. The maximum Gasteiger partial charge on any atom is 0.314 e. The minimum atomic E-state index is -0.445. The van der Waals surface area contributed by atoms with Crippen LogP contribution in [0.25, 0.3) is 0 Å². The van der Waals surface area contributed by atoms with Crippen LogP contribution in [0.15, 0.2) is 18.2 Å². The van der Waals surface area contributed by atoms with E-state index in [0.29, 0.717) is 17.5 Å². The van der Waals surface area contributed by atoms with Gasteiger partial charge < -0.3 is 14.8 Å². The van der Waals surface area contributed by atoms with Gasteiger partial charge in [-0.05, 0) is 19.2 Å². The fraction of sp³-hybridized carbons (Fsp3) is 0.571. The van der Waals surface area contributed by atoms with Gasteiger partial charge >= 0.3 is 5.69 Å². The molecule has 6 nitrogen and oxygen atoms in total. The summed E-state index contributed by atoms with van der Waals surface area (Å²) < 4.78 is 10.9. The number of nitro groups is 1. The summed E-state index contributed by atoms with van der Waals surface area (Å²) >= 11 is 0. The molecule has 1 saturated carbocycles. The van der Waals surface area contributed by atoms with E-state index in [1.165, 1.54) is 13.2 Å². The second-order valence-electron chi connectivity index (χ2n) is 5.60. The second kappa shape index (κ2) is 5.28. The van der Waals surface area contributed by atoms with Gasteiger partial charge in [0.05, 0.1) is 18.1 Å². The molecule has 20 heavy (non-hydrogen) atoms. The molecule has 0 radical (unpaired) electrons. The lowest BCUT2D eigenvalue weighted by Gasteiger charge is -2.51. The fourth-order valence-corrected chi connectivity index (χ4v) is 2.60. The normalized spacial score (nSPS) is 23.8. The zero-order valence-electron chi connectivity index (χ0n) is 12.2. The first kappa shape index (κ1) is 14.6. The van der Waals surface area contributed by atoms with Gasteiger partial charge in [-0.25, -0.2) is 0 Å². The van der Waals surface area contributed by atoms with Crippen LogP contribution in [0.2, 0.25) is 0 Å². The fourth-order valence-electron chi connectivity index (χ4n) is 2.60. The Bertz CT molecular complexity index is 516. The Morgan fingerprint density at radius 1 is 1.45 bits per heavy atom. The lowest BCUT2D eigenvalue weighted by molar-refractivity contribution is -0.386. The molecule has 2 atom stereocenters. The van der Waals surface area contributed by atoms with Crippen molar-refractivity contribution in [3.8, 4) is 11.5 Å². The van der Waals surface area contributed by atoms with Crippen LogP contribution in [-0.2, 0) is 0 Å². The van der Waals surface area contributed by atoms with Crippen LogP contribution in [0.3, 0.4) is 0 Å². The van der Waals surface area contributed by atoms with Crippen molar-refractivity contribution in [3.63, 3.8) is 0 Å². The third-order valence-corrected chi connectivity index (χ3v) is 4.16. The first-order chi connectivity index (χ1) is 9.40. The first-order valence-electron chi connectivity index (χ1n) is 6.56. The molecule has 0 heterocycles. The average molecular weight is 280 g/mol. The van der Waals surface area contributed by atoms with E-state index < -0.39 is 4.92 Å². The van der Waals surface area contributed by atoms with E-state index in [4.69, 9.17) is 9.47 Å². The van der Waals surface area contributed by atoms with Gasteiger partial charge in [-0.1, -0.05) is 13.8 Å². The quantitative estimate of drug-likeness (QED) is 0.662. The van der Waals surface area contributed by atoms with Crippen LogP contribution in [0.5, 0.6) is 11.5 Å². The average Bonchev–Trinajstić information content (AvgIpc) is 2.42. The molecule has 6 heteroatoms. The van der Waals surface area contributed by atoms with Crippen molar-refractivity contribution in [2.24, 2.45) is 5.41 Å². The largest absolute Gasteiger partial charge is 0.496 e. The molecular weight excluding hydrogens is 260 g/mol. The summed E-state index contributed by atoms with van der Waals surface area (Å²) in [5.74, 6) is 0.744. The zero-order chi connectivity index (χ0) is 14.9. The SMILES string of the molecule is CNC1CC(Oc2ccc(OC)cc2[N+](=O)[O-])C1(C)C. The number of benzene rings is 1. The van der Waals surface area contributed by atoms with Gasteiger partial charge in [0.2, 0.25) is 0 Å². The van der Waals surface area contributed by atoms with Crippen molar-refractivity contribution in [2.45, 2.75) is 32.4 Å². The van der Waals surface area contributed by atoms with Gasteiger partial charge in [-0.2, -0.15) is 0 Å². The highest BCUT2D eigenvalue weighted by molar-refractivity contribution is 5.51.